The van der Waals surface area contributed by atoms with E-state index in [9.17, 15) is 0 Å². The van der Waals surface area contributed by atoms with Crippen molar-refractivity contribution in [3.8, 4) is 23.1 Å². The normalized spacial score (nSPS) is 16.6. The lowest BCUT2D eigenvalue weighted by Gasteiger charge is -2.11. The summed E-state index contributed by atoms with van der Waals surface area (Å²) in [6, 6.07) is 11.2. The number of aromatic nitrogens is 3. The summed E-state index contributed by atoms with van der Waals surface area (Å²) in [7, 11) is 1.63. The fourth-order valence-corrected chi connectivity index (χ4v) is 3.28. The van der Waals surface area contributed by atoms with Crippen LogP contribution in [0.2, 0.25) is 0 Å². The monoisotopic (exact) mass is 387 g/mol. The van der Waals surface area contributed by atoms with Crippen LogP contribution in [0.1, 0.15) is 18.6 Å². The minimum atomic E-state index is 0.167. The Morgan fingerprint density at radius 1 is 1.22 bits per heavy atom. The van der Waals surface area contributed by atoms with Gasteiger partial charge in [-0.25, -0.2) is 0 Å². The van der Waals surface area contributed by atoms with Gasteiger partial charge in [-0.05, 0) is 61.5 Å². The zero-order chi connectivity index (χ0) is 18.6. The van der Waals surface area contributed by atoms with E-state index in [0.717, 1.165) is 30.9 Å². The zero-order valence-electron chi connectivity index (χ0n) is 15.0. The van der Waals surface area contributed by atoms with Crippen LogP contribution in [0.5, 0.6) is 11.5 Å². The number of nitrogens with one attached hydrogen (secondary N) is 1. The molecule has 1 unspecified atom stereocenters. The third kappa shape index (κ3) is 4.06. The lowest BCUT2D eigenvalue weighted by molar-refractivity contribution is 0.0969. The lowest BCUT2D eigenvalue weighted by atomic mass is 10.2. The summed E-state index contributed by atoms with van der Waals surface area (Å²) in [5.41, 5.74) is 0. The molecule has 0 aliphatic carbocycles. The number of rotatable bonds is 7. The summed E-state index contributed by atoms with van der Waals surface area (Å²) in [5.74, 6) is 3.56. The molecule has 142 valence electrons. The van der Waals surface area contributed by atoms with Gasteiger partial charge in [0.25, 0.3) is 0 Å². The third-order valence-corrected chi connectivity index (χ3v) is 4.80. The molecule has 4 rings (SSSR count). The standard InChI is InChI=1S/C19H21N3O4S/c1-23-13-4-6-14(7-5-13)25-12-16-8-9-17(26-16)18-20-21-19(27)22(18)11-15-3-2-10-24-15/h4-9,15H,2-3,10-12H2,1H3,(H,21,27). The molecule has 0 spiro atoms. The highest BCUT2D eigenvalue weighted by molar-refractivity contribution is 7.71. The average Bonchev–Trinajstić information content (AvgIpc) is 3.44. The van der Waals surface area contributed by atoms with Gasteiger partial charge in [0.2, 0.25) is 0 Å². The van der Waals surface area contributed by atoms with Gasteiger partial charge in [0.05, 0.1) is 19.8 Å². The fourth-order valence-electron chi connectivity index (χ4n) is 3.07. The molecule has 7 nitrogen and oxygen atoms in total. The first kappa shape index (κ1) is 17.8. The molecule has 1 atom stereocenters. The van der Waals surface area contributed by atoms with E-state index in [1.54, 1.807) is 7.11 Å². The van der Waals surface area contributed by atoms with Crippen molar-refractivity contribution in [3.63, 3.8) is 0 Å². The number of furan rings is 1. The average molecular weight is 387 g/mol. The number of aromatic amines is 1. The molecule has 3 aromatic rings. The van der Waals surface area contributed by atoms with Gasteiger partial charge in [-0.15, -0.1) is 0 Å². The molecule has 1 aromatic carbocycles. The number of nitrogens with zero attached hydrogens (tertiary/aromatic N) is 2. The Kier molecular flexibility index (Phi) is 5.26. The van der Waals surface area contributed by atoms with Crippen molar-refractivity contribution in [2.75, 3.05) is 13.7 Å². The molecule has 1 aliphatic rings. The molecule has 1 aliphatic heterocycles. The van der Waals surface area contributed by atoms with E-state index < -0.39 is 0 Å². The number of benzene rings is 1. The molecule has 27 heavy (non-hydrogen) atoms. The molecule has 0 bridgehead atoms. The number of H-pyrrole nitrogens is 1. The van der Waals surface area contributed by atoms with Crippen LogP contribution < -0.4 is 9.47 Å². The van der Waals surface area contributed by atoms with Gasteiger partial charge in [0, 0.05) is 6.61 Å². The van der Waals surface area contributed by atoms with Crippen LogP contribution >= 0.6 is 12.2 Å². The van der Waals surface area contributed by atoms with Crippen LogP contribution in [0.15, 0.2) is 40.8 Å². The van der Waals surface area contributed by atoms with E-state index in [1.807, 2.05) is 41.0 Å². The van der Waals surface area contributed by atoms with Crippen molar-refractivity contribution >= 4 is 12.2 Å². The highest BCUT2D eigenvalue weighted by Crippen LogP contribution is 2.24. The Balaban J connectivity index is 1.45. The molecule has 3 heterocycles. The maximum absolute atomic E-state index is 5.91. The van der Waals surface area contributed by atoms with Crippen LogP contribution in [0.25, 0.3) is 11.6 Å². The van der Waals surface area contributed by atoms with Crippen molar-refractivity contribution in [3.05, 3.63) is 46.9 Å². The quantitative estimate of drug-likeness (QED) is 0.619. The number of hydrogen-bond donors (Lipinski definition) is 1. The Morgan fingerprint density at radius 2 is 2.04 bits per heavy atom. The smallest absolute Gasteiger partial charge is 0.198 e. The second-order valence-electron chi connectivity index (χ2n) is 6.33. The highest BCUT2D eigenvalue weighted by Gasteiger charge is 2.20. The first-order chi connectivity index (χ1) is 13.2. The van der Waals surface area contributed by atoms with Crippen molar-refractivity contribution in [1.82, 2.24) is 14.8 Å². The van der Waals surface area contributed by atoms with Gasteiger partial charge in [-0.2, -0.15) is 5.10 Å². The van der Waals surface area contributed by atoms with Crippen molar-refractivity contribution in [2.45, 2.75) is 32.1 Å². The Bertz CT molecular complexity index is 939. The van der Waals surface area contributed by atoms with E-state index in [-0.39, 0.29) is 6.10 Å². The van der Waals surface area contributed by atoms with Gasteiger partial charge < -0.3 is 18.6 Å². The summed E-state index contributed by atoms with van der Waals surface area (Å²) in [6.07, 6.45) is 2.28. The van der Waals surface area contributed by atoms with Crippen LogP contribution in [0.4, 0.5) is 0 Å². The van der Waals surface area contributed by atoms with E-state index in [4.69, 9.17) is 30.8 Å². The maximum Gasteiger partial charge on any atom is 0.198 e. The molecule has 0 amide bonds. The zero-order valence-corrected chi connectivity index (χ0v) is 15.8. The SMILES string of the molecule is COc1ccc(OCc2ccc(-c3n[nH]c(=S)n3CC3CCCO3)o2)cc1. The number of ether oxygens (including phenoxy) is 3. The van der Waals surface area contributed by atoms with Crippen LogP contribution in [-0.4, -0.2) is 34.6 Å². The fraction of sp³-hybridized carbons (Fsp3) is 0.368. The minimum absolute atomic E-state index is 0.167. The summed E-state index contributed by atoms with van der Waals surface area (Å²) < 4.78 is 25.0. The molecule has 8 heteroatoms. The summed E-state index contributed by atoms with van der Waals surface area (Å²) in [4.78, 5) is 0. The molecular formula is C19H21N3O4S. The largest absolute Gasteiger partial charge is 0.497 e. The first-order valence-electron chi connectivity index (χ1n) is 8.85. The third-order valence-electron chi connectivity index (χ3n) is 4.49. The molecule has 1 fully saturated rings. The van der Waals surface area contributed by atoms with Crippen LogP contribution in [-0.2, 0) is 17.9 Å². The van der Waals surface area contributed by atoms with E-state index >= 15 is 0 Å². The molecule has 0 saturated carbocycles. The minimum Gasteiger partial charge on any atom is -0.497 e. The maximum atomic E-state index is 5.91. The second kappa shape index (κ2) is 7.98. The summed E-state index contributed by atoms with van der Waals surface area (Å²) in [6.45, 7) is 1.80. The van der Waals surface area contributed by atoms with Crippen molar-refractivity contribution < 1.29 is 18.6 Å². The van der Waals surface area contributed by atoms with Gasteiger partial charge in [0.15, 0.2) is 16.4 Å². The van der Waals surface area contributed by atoms with Crippen molar-refractivity contribution in [2.24, 2.45) is 0 Å². The molecular weight excluding hydrogens is 366 g/mol. The van der Waals surface area contributed by atoms with Gasteiger partial charge >= 0.3 is 0 Å². The van der Waals surface area contributed by atoms with Gasteiger partial charge in [0.1, 0.15) is 23.9 Å². The molecule has 1 N–H and O–H groups in total. The van der Waals surface area contributed by atoms with Crippen LogP contribution in [0.3, 0.4) is 0 Å². The van der Waals surface area contributed by atoms with E-state index in [2.05, 4.69) is 10.2 Å². The lowest BCUT2D eigenvalue weighted by Crippen LogP contribution is -2.15. The van der Waals surface area contributed by atoms with Gasteiger partial charge in [-0.1, -0.05) is 0 Å². The second-order valence-corrected chi connectivity index (χ2v) is 6.71. The summed E-state index contributed by atoms with van der Waals surface area (Å²) >= 11 is 5.36. The van der Waals surface area contributed by atoms with Gasteiger partial charge in [-0.3, -0.25) is 9.67 Å². The topological polar surface area (TPSA) is 74.4 Å². The summed E-state index contributed by atoms with van der Waals surface area (Å²) in [5, 5.41) is 7.17. The number of methoxy groups -OCH3 is 1. The first-order valence-corrected chi connectivity index (χ1v) is 9.26. The van der Waals surface area contributed by atoms with E-state index in [1.165, 1.54) is 0 Å². The predicted molar refractivity (Wildman–Crippen MR) is 101 cm³/mol. The van der Waals surface area contributed by atoms with Crippen molar-refractivity contribution in [1.29, 1.82) is 0 Å². The number of hydrogen-bond acceptors (Lipinski definition) is 6. The molecule has 0 radical (unpaired) electrons. The molecule has 2 aromatic heterocycles. The Labute approximate surface area is 161 Å². The van der Waals surface area contributed by atoms with Crippen LogP contribution in [0, 0.1) is 4.77 Å². The highest BCUT2D eigenvalue weighted by atomic mass is 32.1. The molecule has 1 saturated heterocycles. The predicted octanol–water partition coefficient (Wildman–Crippen LogP) is 3.97. The van der Waals surface area contributed by atoms with E-state index in [0.29, 0.717) is 35.3 Å². The Hall–Kier alpha value is -2.58. The Morgan fingerprint density at radius 3 is 2.78 bits per heavy atom.